The van der Waals surface area contributed by atoms with Gasteiger partial charge in [0.25, 0.3) is 0 Å². The molecule has 96 valence electrons. The van der Waals surface area contributed by atoms with Gasteiger partial charge >= 0.3 is 0 Å². The molecule has 3 N–H and O–H groups in total. The Balaban J connectivity index is 2.46. The zero-order chi connectivity index (χ0) is 13.8. The van der Waals surface area contributed by atoms with Crippen molar-refractivity contribution in [3.05, 3.63) is 41.0 Å². The van der Waals surface area contributed by atoms with Crippen LogP contribution in [0.25, 0.3) is 0 Å². The fraction of sp³-hybridized carbons (Fsp3) is 0.0769. The number of nitrogens with zero attached hydrogens (tertiary/aromatic N) is 2. The lowest BCUT2D eigenvalue weighted by Crippen LogP contribution is -2.00. The number of para-hydroxylation sites is 1. The van der Waals surface area contributed by atoms with Gasteiger partial charge in [0.2, 0.25) is 0 Å². The van der Waals surface area contributed by atoms with Gasteiger partial charge in [-0.1, -0.05) is 17.7 Å². The van der Waals surface area contributed by atoms with Crippen LogP contribution in [0.3, 0.4) is 0 Å². The first kappa shape index (κ1) is 13.0. The Morgan fingerprint density at radius 3 is 2.89 bits per heavy atom. The number of hydrogen-bond acceptors (Lipinski definition) is 5. The summed E-state index contributed by atoms with van der Waals surface area (Å²) in [5.74, 6) is 0.950. The van der Waals surface area contributed by atoms with Crippen LogP contribution in [0.15, 0.2) is 30.5 Å². The first-order valence-electron chi connectivity index (χ1n) is 5.41. The Morgan fingerprint density at radius 2 is 2.26 bits per heavy atom. The molecule has 1 aromatic carbocycles. The van der Waals surface area contributed by atoms with E-state index in [1.807, 2.05) is 0 Å². The van der Waals surface area contributed by atoms with Crippen molar-refractivity contribution >= 4 is 28.8 Å². The number of nitrogens with one attached hydrogen (secondary N) is 1. The third kappa shape index (κ3) is 2.69. The molecule has 0 bridgehead atoms. The summed E-state index contributed by atoms with van der Waals surface area (Å²) in [7, 11) is 1.53. The number of methoxy groups -OCH3 is 1. The molecule has 0 fully saturated rings. The van der Waals surface area contributed by atoms with Crippen molar-refractivity contribution in [1.29, 1.82) is 5.26 Å². The van der Waals surface area contributed by atoms with Crippen LogP contribution in [0, 0.1) is 11.3 Å². The van der Waals surface area contributed by atoms with Crippen LogP contribution in [0.1, 0.15) is 5.56 Å². The Morgan fingerprint density at radius 1 is 1.47 bits per heavy atom. The van der Waals surface area contributed by atoms with E-state index in [0.29, 0.717) is 33.5 Å². The minimum atomic E-state index is 0.370. The van der Waals surface area contributed by atoms with Gasteiger partial charge in [0, 0.05) is 0 Å². The lowest BCUT2D eigenvalue weighted by molar-refractivity contribution is 0.416. The van der Waals surface area contributed by atoms with E-state index in [4.69, 9.17) is 27.3 Å². The monoisotopic (exact) mass is 274 g/mol. The molecule has 0 spiro atoms. The Bertz CT molecular complexity index is 652. The molecule has 0 aliphatic carbocycles. The standard InChI is InChI=1S/C13H11ClN4O/c1-19-11-4-2-3-8(6-15)12(11)18-13-10(14)5-9(16)7-17-13/h2-5,7H,16H2,1H3,(H,17,18). The maximum atomic E-state index is 9.11. The minimum absolute atomic E-state index is 0.370. The van der Waals surface area contributed by atoms with E-state index in [-0.39, 0.29) is 0 Å². The van der Waals surface area contributed by atoms with Gasteiger partial charge < -0.3 is 15.8 Å². The molecule has 6 heteroatoms. The summed E-state index contributed by atoms with van der Waals surface area (Å²) in [6.45, 7) is 0. The molecule has 0 saturated heterocycles. The number of nitrogen functional groups attached to an aromatic ring is 1. The molecule has 0 unspecified atom stereocenters. The van der Waals surface area contributed by atoms with Gasteiger partial charge in [-0.05, 0) is 18.2 Å². The Kier molecular flexibility index (Phi) is 3.74. The second kappa shape index (κ2) is 5.46. The quantitative estimate of drug-likeness (QED) is 0.899. The maximum absolute atomic E-state index is 9.11. The van der Waals surface area contributed by atoms with Crippen molar-refractivity contribution in [2.75, 3.05) is 18.2 Å². The molecule has 0 aliphatic heterocycles. The predicted octanol–water partition coefficient (Wildman–Crippen LogP) is 2.94. The molecule has 2 rings (SSSR count). The summed E-state index contributed by atoms with van der Waals surface area (Å²) in [4.78, 5) is 4.09. The Hall–Kier alpha value is -2.45. The molecule has 2 aromatic rings. The van der Waals surface area contributed by atoms with Gasteiger partial charge in [0.1, 0.15) is 23.3 Å². The molecule has 1 aromatic heterocycles. The number of benzene rings is 1. The van der Waals surface area contributed by atoms with Gasteiger partial charge in [0.05, 0.1) is 29.6 Å². The lowest BCUT2D eigenvalue weighted by Gasteiger charge is -2.13. The van der Waals surface area contributed by atoms with E-state index in [1.165, 1.54) is 13.3 Å². The second-order valence-corrected chi connectivity index (χ2v) is 4.13. The van der Waals surface area contributed by atoms with Crippen molar-refractivity contribution in [3.63, 3.8) is 0 Å². The number of rotatable bonds is 3. The molecule has 0 saturated carbocycles. The van der Waals surface area contributed by atoms with E-state index in [1.54, 1.807) is 24.3 Å². The molecular formula is C13H11ClN4O. The topological polar surface area (TPSA) is 84.0 Å². The molecular weight excluding hydrogens is 264 g/mol. The second-order valence-electron chi connectivity index (χ2n) is 3.72. The number of nitrogens with two attached hydrogens (primary N) is 1. The smallest absolute Gasteiger partial charge is 0.149 e. The van der Waals surface area contributed by atoms with Crippen molar-refractivity contribution in [2.24, 2.45) is 0 Å². The highest BCUT2D eigenvalue weighted by Crippen LogP contribution is 2.33. The zero-order valence-corrected chi connectivity index (χ0v) is 10.9. The molecule has 0 atom stereocenters. The van der Waals surface area contributed by atoms with Crippen LogP contribution in [0.5, 0.6) is 5.75 Å². The molecule has 0 radical (unpaired) electrons. The molecule has 5 nitrogen and oxygen atoms in total. The highest BCUT2D eigenvalue weighted by atomic mass is 35.5. The van der Waals surface area contributed by atoms with Crippen LogP contribution in [0.4, 0.5) is 17.2 Å². The summed E-state index contributed by atoms with van der Waals surface area (Å²) < 4.78 is 5.21. The number of nitriles is 1. The van der Waals surface area contributed by atoms with Crippen LogP contribution in [-0.4, -0.2) is 12.1 Å². The van der Waals surface area contributed by atoms with E-state index in [0.717, 1.165) is 0 Å². The van der Waals surface area contributed by atoms with Crippen LogP contribution in [-0.2, 0) is 0 Å². The summed E-state index contributed by atoms with van der Waals surface area (Å²) in [6.07, 6.45) is 1.48. The van der Waals surface area contributed by atoms with Gasteiger partial charge in [-0.2, -0.15) is 5.26 Å². The van der Waals surface area contributed by atoms with Crippen LogP contribution >= 0.6 is 11.6 Å². The lowest BCUT2D eigenvalue weighted by atomic mass is 10.1. The maximum Gasteiger partial charge on any atom is 0.149 e. The average Bonchev–Trinajstić information content (AvgIpc) is 2.42. The fourth-order valence-corrected chi connectivity index (χ4v) is 1.81. The van der Waals surface area contributed by atoms with Crippen LogP contribution < -0.4 is 15.8 Å². The number of halogens is 1. The third-order valence-corrected chi connectivity index (χ3v) is 2.76. The van der Waals surface area contributed by atoms with Gasteiger partial charge in [0.15, 0.2) is 0 Å². The Labute approximate surface area is 115 Å². The minimum Gasteiger partial charge on any atom is -0.495 e. The SMILES string of the molecule is COc1cccc(C#N)c1Nc1ncc(N)cc1Cl. The van der Waals surface area contributed by atoms with Crippen molar-refractivity contribution in [2.45, 2.75) is 0 Å². The average molecular weight is 275 g/mol. The van der Waals surface area contributed by atoms with Crippen LogP contribution in [0.2, 0.25) is 5.02 Å². The van der Waals surface area contributed by atoms with E-state index in [9.17, 15) is 0 Å². The van der Waals surface area contributed by atoms with E-state index >= 15 is 0 Å². The zero-order valence-electron chi connectivity index (χ0n) is 10.1. The van der Waals surface area contributed by atoms with Crippen molar-refractivity contribution in [1.82, 2.24) is 4.98 Å². The van der Waals surface area contributed by atoms with Gasteiger partial charge in [-0.25, -0.2) is 4.98 Å². The summed E-state index contributed by atoms with van der Waals surface area (Å²) in [6, 6.07) is 8.82. The highest BCUT2D eigenvalue weighted by Gasteiger charge is 2.11. The highest BCUT2D eigenvalue weighted by molar-refractivity contribution is 6.33. The van der Waals surface area contributed by atoms with Crippen molar-refractivity contribution < 1.29 is 4.74 Å². The summed E-state index contributed by atoms with van der Waals surface area (Å²) >= 11 is 6.04. The van der Waals surface area contributed by atoms with Gasteiger partial charge in [-0.15, -0.1) is 0 Å². The number of hydrogen-bond donors (Lipinski definition) is 2. The third-order valence-electron chi connectivity index (χ3n) is 2.47. The van der Waals surface area contributed by atoms with E-state index < -0.39 is 0 Å². The normalized spacial score (nSPS) is 9.74. The first-order chi connectivity index (χ1) is 9.15. The van der Waals surface area contributed by atoms with Gasteiger partial charge in [-0.3, -0.25) is 0 Å². The fourth-order valence-electron chi connectivity index (χ4n) is 1.59. The van der Waals surface area contributed by atoms with E-state index in [2.05, 4.69) is 16.4 Å². The summed E-state index contributed by atoms with van der Waals surface area (Å²) in [5.41, 5.74) is 7.01. The number of ether oxygens (including phenoxy) is 1. The van der Waals surface area contributed by atoms with Crippen molar-refractivity contribution in [3.8, 4) is 11.8 Å². The predicted molar refractivity (Wildman–Crippen MR) is 74.7 cm³/mol. The number of aromatic nitrogens is 1. The number of pyridine rings is 1. The molecule has 1 heterocycles. The molecule has 0 amide bonds. The molecule has 0 aliphatic rings. The first-order valence-corrected chi connectivity index (χ1v) is 5.78. The number of anilines is 3. The largest absolute Gasteiger partial charge is 0.495 e. The summed E-state index contributed by atoms with van der Waals surface area (Å²) in [5, 5.41) is 12.5. The molecule has 19 heavy (non-hydrogen) atoms.